The Hall–Kier alpha value is -3.53. The molecule has 3 aromatic carbocycles. The molecule has 3 rings (SSSR count). The van der Waals surface area contributed by atoms with E-state index in [9.17, 15) is 9.90 Å². The molecule has 0 aromatic heterocycles. The second kappa shape index (κ2) is 10.9. The van der Waals surface area contributed by atoms with Crippen molar-refractivity contribution in [2.45, 2.75) is 26.3 Å². The van der Waals surface area contributed by atoms with Crippen molar-refractivity contribution in [2.75, 3.05) is 6.61 Å². The van der Waals surface area contributed by atoms with Crippen LogP contribution >= 0.6 is 0 Å². The number of hydrogen-bond donors (Lipinski definition) is 2. The molecule has 0 aliphatic carbocycles. The van der Waals surface area contributed by atoms with E-state index in [0.717, 1.165) is 40.7 Å². The third-order valence-corrected chi connectivity index (χ3v) is 4.77. The number of alkyl carbamates (subject to hydrolysis) is 1. The third-order valence-electron chi connectivity index (χ3n) is 4.77. The van der Waals surface area contributed by atoms with Crippen LogP contribution in [0.25, 0.3) is 23.3 Å². The molecular weight excluding hydrogens is 374 g/mol. The van der Waals surface area contributed by atoms with Crippen molar-refractivity contribution in [1.29, 1.82) is 0 Å². The number of hydrogen-bond acceptors (Lipinski definition) is 3. The molecule has 4 heteroatoms. The number of phenols is 1. The molecule has 2 N–H and O–H groups in total. The van der Waals surface area contributed by atoms with Gasteiger partial charge >= 0.3 is 6.09 Å². The summed E-state index contributed by atoms with van der Waals surface area (Å²) < 4.78 is 5.19. The first-order valence-corrected chi connectivity index (χ1v) is 10.2. The Balaban J connectivity index is 1.79. The number of carbonyl (C=O) groups excluding carboxylic acids is 1. The molecule has 0 atom stereocenters. The number of unbranched alkanes of at least 4 members (excludes halogenated alkanes) is 1. The number of nitrogens with one attached hydrogen (secondary N) is 1. The van der Waals surface area contributed by atoms with Gasteiger partial charge in [0.25, 0.3) is 0 Å². The van der Waals surface area contributed by atoms with Crippen LogP contribution in [0.3, 0.4) is 0 Å². The minimum atomic E-state index is -0.390. The van der Waals surface area contributed by atoms with Gasteiger partial charge in [0, 0.05) is 6.54 Å². The van der Waals surface area contributed by atoms with Crippen LogP contribution in [0, 0.1) is 0 Å². The van der Waals surface area contributed by atoms with Gasteiger partial charge in [-0.25, -0.2) is 4.79 Å². The Kier molecular flexibility index (Phi) is 7.67. The molecule has 0 bridgehead atoms. The van der Waals surface area contributed by atoms with E-state index in [2.05, 4.69) is 36.5 Å². The molecule has 0 fully saturated rings. The predicted octanol–water partition coefficient (Wildman–Crippen LogP) is 6.26. The van der Waals surface area contributed by atoms with Crippen molar-refractivity contribution in [2.24, 2.45) is 0 Å². The van der Waals surface area contributed by atoms with Crippen molar-refractivity contribution in [1.82, 2.24) is 5.32 Å². The average Bonchev–Trinajstić information content (AvgIpc) is 2.78. The van der Waals surface area contributed by atoms with Gasteiger partial charge in [0.1, 0.15) is 5.75 Å². The highest BCUT2D eigenvalue weighted by molar-refractivity contribution is 5.82. The van der Waals surface area contributed by atoms with E-state index in [4.69, 9.17) is 4.74 Å². The molecule has 154 valence electrons. The Morgan fingerprint density at radius 2 is 1.63 bits per heavy atom. The summed E-state index contributed by atoms with van der Waals surface area (Å²) in [6, 6.07) is 23.3. The quantitative estimate of drug-likeness (QED) is 0.346. The molecule has 0 unspecified atom stereocenters. The maximum Gasteiger partial charge on any atom is 0.407 e. The van der Waals surface area contributed by atoms with E-state index in [-0.39, 0.29) is 5.75 Å². The number of benzene rings is 3. The van der Waals surface area contributed by atoms with E-state index < -0.39 is 6.09 Å². The smallest absolute Gasteiger partial charge is 0.407 e. The van der Waals surface area contributed by atoms with Crippen LogP contribution in [0.15, 0.2) is 72.8 Å². The molecule has 0 saturated carbocycles. The SMILES string of the molecule is CCCCOC(=O)NCc1ccccc1-c1ccccc1/C=C/c1ccc(O)cc1. The number of ether oxygens (including phenoxy) is 1. The second-order valence-electron chi connectivity index (χ2n) is 7.01. The summed E-state index contributed by atoms with van der Waals surface area (Å²) in [5.74, 6) is 0.252. The normalized spacial score (nSPS) is 10.8. The largest absolute Gasteiger partial charge is 0.508 e. The fraction of sp³-hybridized carbons (Fsp3) is 0.192. The first kappa shape index (κ1) is 21.2. The van der Waals surface area contributed by atoms with Crippen LogP contribution < -0.4 is 5.32 Å². The monoisotopic (exact) mass is 401 g/mol. The zero-order chi connectivity index (χ0) is 21.2. The molecule has 3 aromatic rings. The number of phenolic OH excluding ortho intramolecular Hbond substituents is 1. The van der Waals surface area contributed by atoms with Gasteiger partial charge in [0.15, 0.2) is 0 Å². The van der Waals surface area contributed by atoms with Crippen LogP contribution in [0.2, 0.25) is 0 Å². The third kappa shape index (κ3) is 5.98. The van der Waals surface area contributed by atoms with Gasteiger partial charge in [-0.05, 0) is 46.4 Å². The summed E-state index contributed by atoms with van der Waals surface area (Å²) >= 11 is 0. The zero-order valence-corrected chi connectivity index (χ0v) is 17.2. The van der Waals surface area contributed by atoms with Gasteiger partial charge in [0.05, 0.1) is 6.61 Å². The fourth-order valence-electron chi connectivity index (χ4n) is 3.12. The maximum atomic E-state index is 11.9. The molecule has 0 aliphatic rings. The van der Waals surface area contributed by atoms with Crippen LogP contribution in [0.1, 0.15) is 36.5 Å². The predicted molar refractivity (Wildman–Crippen MR) is 122 cm³/mol. The first-order chi connectivity index (χ1) is 14.7. The molecule has 0 heterocycles. The highest BCUT2D eigenvalue weighted by Gasteiger charge is 2.09. The first-order valence-electron chi connectivity index (χ1n) is 10.2. The minimum absolute atomic E-state index is 0.252. The van der Waals surface area contributed by atoms with Gasteiger partial charge < -0.3 is 15.2 Å². The fourth-order valence-corrected chi connectivity index (χ4v) is 3.12. The van der Waals surface area contributed by atoms with Crippen molar-refractivity contribution < 1.29 is 14.6 Å². The summed E-state index contributed by atoms with van der Waals surface area (Å²) in [7, 11) is 0. The van der Waals surface area contributed by atoms with Crippen LogP contribution in [-0.2, 0) is 11.3 Å². The maximum absolute atomic E-state index is 11.9. The summed E-state index contributed by atoms with van der Waals surface area (Å²) in [5, 5.41) is 12.3. The van der Waals surface area contributed by atoms with Gasteiger partial charge in [0.2, 0.25) is 0 Å². The standard InChI is InChI=1S/C26H27NO3/c1-2-3-18-30-26(29)27-19-22-9-5-7-11-25(22)24-10-6-4-8-21(24)15-12-20-13-16-23(28)17-14-20/h4-17,28H,2-3,18-19H2,1H3,(H,27,29)/b15-12+. The Morgan fingerprint density at radius 3 is 2.40 bits per heavy atom. The average molecular weight is 402 g/mol. The molecule has 4 nitrogen and oxygen atoms in total. The molecule has 0 aliphatic heterocycles. The van der Waals surface area contributed by atoms with Gasteiger partial charge in [-0.3, -0.25) is 0 Å². The van der Waals surface area contributed by atoms with Crippen molar-refractivity contribution in [3.63, 3.8) is 0 Å². The Bertz CT molecular complexity index is 993. The lowest BCUT2D eigenvalue weighted by Gasteiger charge is -2.13. The summed E-state index contributed by atoms with van der Waals surface area (Å²) in [6.45, 7) is 2.90. The summed E-state index contributed by atoms with van der Waals surface area (Å²) in [6.07, 6.45) is 5.54. The van der Waals surface area contributed by atoms with E-state index in [1.807, 2.05) is 48.5 Å². The number of amides is 1. The lowest BCUT2D eigenvalue weighted by Crippen LogP contribution is -2.24. The summed E-state index contributed by atoms with van der Waals surface area (Å²) in [4.78, 5) is 11.9. The van der Waals surface area contributed by atoms with Gasteiger partial charge in [-0.2, -0.15) is 0 Å². The number of carbonyl (C=O) groups is 1. The zero-order valence-electron chi connectivity index (χ0n) is 17.2. The van der Waals surface area contributed by atoms with Gasteiger partial charge in [-0.1, -0.05) is 86.2 Å². The van der Waals surface area contributed by atoms with E-state index in [0.29, 0.717) is 13.2 Å². The molecule has 0 spiro atoms. The molecule has 1 amide bonds. The van der Waals surface area contributed by atoms with E-state index >= 15 is 0 Å². The van der Waals surface area contributed by atoms with E-state index in [1.165, 1.54) is 0 Å². The van der Waals surface area contributed by atoms with Crippen LogP contribution in [0.4, 0.5) is 4.79 Å². The molecule has 0 radical (unpaired) electrons. The second-order valence-corrected chi connectivity index (χ2v) is 7.01. The molecule has 30 heavy (non-hydrogen) atoms. The Labute approximate surface area is 177 Å². The highest BCUT2D eigenvalue weighted by Crippen LogP contribution is 2.28. The van der Waals surface area contributed by atoms with Crippen molar-refractivity contribution in [3.05, 3.63) is 89.5 Å². The lowest BCUT2D eigenvalue weighted by molar-refractivity contribution is 0.144. The van der Waals surface area contributed by atoms with Crippen molar-refractivity contribution >= 4 is 18.2 Å². The highest BCUT2D eigenvalue weighted by atomic mass is 16.5. The molecular formula is C26H27NO3. The lowest BCUT2D eigenvalue weighted by atomic mass is 9.95. The van der Waals surface area contributed by atoms with Gasteiger partial charge in [-0.15, -0.1) is 0 Å². The number of aromatic hydroxyl groups is 1. The number of rotatable bonds is 8. The minimum Gasteiger partial charge on any atom is -0.508 e. The topological polar surface area (TPSA) is 58.6 Å². The van der Waals surface area contributed by atoms with Crippen molar-refractivity contribution in [3.8, 4) is 16.9 Å². The molecule has 0 saturated heterocycles. The van der Waals surface area contributed by atoms with Crippen LogP contribution in [-0.4, -0.2) is 17.8 Å². The van der Waals surface area contributed by atoms with E-state index in [1.54, 1.807) is 12.1 Å². The Morgan fingerprint density at radius 1 is 0.933 bits per heavy atom. The van der Waals surface area contributed by atoms with Crippen LogP contribution in [0.5, 0.6) is 5.75 Å². The summed E-state index contributed by atoms with van der Waals surface area (Å²) in [5.41, 5.74) is 5.26.